The molecule has 1 atom stereocenters. The molecule has 1 aromatic rings. The van der Waals surface area contributed by atoms with Gasteiger partial charge in [-0.25, -0.2) is 0 Å². The standard InChI is InChI=1S/C13H20Cl2N2O/c1-13(2,18-3)8-10(17-16)7-9-5-4-6-11(14)12(9)15/h4-6,10,17H,7-8,16H2,1-3H3. The second-order valence-electron chi connectivity index (χ2n) is 4.95. The summed E-state index contributed by atoms with van der Waals surface area (Å²) in [5, 5.41) is 1.16. The Bertz CT molecular complexity index is 397. The van der Waals surface area contributed by atoms with E-state index in [1.165, 1.54) is 0 Å². The van der Waals surface area contributed by atoms with Gasteiger partial charge in [0.1, 0.15) is 0 Å². The van der Waals surface area contributed by atoms with Crippen molar-refractivity contribution in [2.75, 3.05) is 7.11 Å². The Morgan fingerprint density at radius 2 is 2.06 bits per heavy atom. The molecule has 0 heterocycles. The molecular weight excluding hydrogens is 271 g/mol. The van der Waals surface area contributed by atoms with Crippen LogP contribution in [0.4, 0.5) is 0 Å². The summed E-state index contributed by atoms with van der Waals surface area (Å²) in [6.45, 7) is 4.05. The van der Waals surface area contributed by atoms with Gasteiger partial charge in [-0.3, -0.25) is 11.3 Å². The highest BCUT2D eigenvalue weighted by Crippen LogP contribution is 2.27. The summed E-state index contributed by atoms with van der Waals surface area (Å²) >= 11 is 12.2. The number of hydrogen-bond donors (Lipinski definition) is 2. The molecule has 1 unspecified atom stereocenters. The number of benzene rings is 1. The zero-order valence-corrected chi connectivity index (χ0v) is 12.5. The van der Waals surface area contributed by atoms with E-state index in [1.54, 1.807) is 13.2 Å². The van der Waals surface area contributed by atoms with Gasteiger partial charge in [0.15, 0.2) is 0 Å². The van der Waals surface area contributed by atoms with Crippen LogP contribution in [0.25, 0.3) is 0 Å². The van der Waals surface area contributed by atoms with Crippen molar-refractivity contribution in [2.45, 2.75) is 38.3 Å². The molecule has 0 radical (unpaired) electrons. The topological polar surface area (TPSA) is 47.3 Å². The smallest absolute Gasteiger partial charge is 0.0638 e. The fraction of sp³-hybridized carbons (Fsp3) is 0.538. The van der Waals surface area contributed by atoms with E-state index in [-0.39, 0.29) is 11.6 Å². The van der Waals surface area contributed by atoms with Gasteiger partial charge in [0.05, 0.1) is 15.6 Å². The normalized spacial score (nSPS) is 13.7. The van der Waals surface area contributed by atoms with Crippen LogP contribution in [0.2, 0.25) is 10.0 Å². The van der Waals surface area contributed by atoms with Crippen molar-refractivity contribution in [1.82, 2.24) is 5.43 Å². The molecule has 0 aliphatic carbocycles. The maximum atomic E-state index is 6.17. The van der Waals surface area contributed by atoms with Crippen LogP contribution < -0.4 is 11.3 Å². The first-order chi connectivity index (χ1) is 8.39. The summed E-state index contributed by atoms with van der Waals surface area (Å²) in [4.78, 5) is 0. The highest BCUT2D eigenvalue weighted by molar-refractivity contribution is 6.42. The molecule has 0 saturated heterocycles. The summed E-state index contributed by atoms with van der Waals surface area (Å²) in [6, 6.07) is 5.70. The summed E-state index contributed by atoms with van der Waals surface area (Å²) in [5.41, 5.74) is 3.56. The first-order valence-electron chi connectivity index (χ1n) is 5.84. The maximum Gasteiger partial charge on any atom is 0.0638 e. The van der Waals surface area contributed by atoms with Gasteiger partial charge >= 0.3 is 0 Å². The third-order valence-electron chi connectivity index (χ3n) is 3.02. The average Bonchev–Trinajstić information content (AvgIpc) is 2.33. The van der Waals surface area contributed by atoms with Crippen molar-refractivity contribution in [2.24, 2.45) is 5.84 Å². The predicted molar refractivity (Wildman–Crippen MR) is 77.0 cm³/mol. The molecule has 0 aliphatic heterocycles. The summed E-state index contributed by atoms with van der Waals surface area (Å²) in [7, 11) is 1.69. The molecule has 102 valence electrons. The minimum atomic E-state index is -0.234. The Balaban J connectivity index is 2.77. The fourth-order valence-electron chi connectivity index (χ4n) is 1.84. The molecule has 3 N–H and O–H groups in total. The lowest BCUT2D eigenvalue weighted by Crippen LogP contribution is -2.42. The Hall–Kier alpha value is -0.320. The molecule has 3 nitrogen and oxygen atoms in total. The highest BCUT2D eigenvalue weighted by Gasteiger charge is 2.23. The maximum absolute atomic E-state index is 6.17. The molecule has 1 rings (SSSR count). The van der Waals surface area contributed by atoms with Crippen LogP contribution in [0, 0.1) is 0 Å². The lowest BCUT2D eigenvalue weighted by Gasteiger charge is -2.28. The van der Waals surface area contributed by atoms with Crippen molar-refractivity contribution in [3.05, 3.63) is 33.8 Å². The summed E-state index contributed by atoms with van der Waals surface area (Å²) in [5.74, 6) is 5.59. The minimum Gasteiger partial charge on any atom is -0.379 e. The number of nitrogens with two attached hydrogens (primary N) is 1. The van der Waals surface area contributed by atoms with Gasteiger partial charge in [0.25, 0.3) is 0 Å². The van der Waals surface area contributed by atoms with Crippen molar-refractivity contribution < 1.29 is 4.74 Å². The first kappa shape index (κ1) is 15.7. The van der Waals surface area contributed by atoms with Gasteiger partial charge in [0, 0.05) is 13.2 Å². The molecule has 0 aromatic heterocycles. The Labute approximate surface area is 119 Å². The van der Waals surface area contributed by atoms with Gasteiger partial charge in [-0.15, -0.1) is 0 Å². The van der Waals surface area contributed by atoms with Crippen LogP contribution in [0.3, 0.4) is 0 Å². The van der Waals surface area contributed by atoms with Gasteiger partial charge in [-0.2, -0.15) is 0 Å². The first-order valence-corrected chi connectivity index (χ1v) is 6.59. The average molecular weight is 291 g/mol. The number of halogens is 2. The molecule has 0 aliphatic rings. The van der Waals surface area contributed by atoms with E-state index in [0.29, 0.717) is 16.5 Å². The van der Waals surface area contributed by atoms with E-state index in [4.69, 9.17) is 33.8 Å². The van der Waals surface area contributed by atoms with Crippen LogP contribution >= 0.6 is 23.2 Å². The molecule has 0 spiro atoms. The lowest BCUT2D eigenvalue weighted by atomic mass is 9.94. The molecule has 18 heavy (non-hydrogen) atoms. The molecule has 1 aromatic carbocycles. The SMILES string of the molecule is COC(C)(C)CC(Cc1cccc(Cl)c1Cl)NN. The summed E-state index contributed by atoms with van der Waals surface area (Å²) in [6.07, 6.45) is 1.49. The molecular formula is C13H20Cl2N2O. The van der Waals surface area contributed by atoms with Crippen molar-refractivity contribution in [3.63, 3.8) is 0 Å². The van der Waals surface area contributed by atoms with Gasteiger partial charge in [-0.05, 0) is 38.3 Å². The predicted octanol–water partition coefficient (Wildman–Crippen LogP) is 3.18. The second-order valence-corrected chi connectivity index (χ2v) is 5.73. The number of methoxy groups -OCH3 is 1. The van der Waals surface area contributed by atoms with E-state index < -0.39 is 0 Å². The highest BCUT2D eigenvalue weighted by atomic mass is 35.5. The van der Waals surface area contributed by atoms with Crippen LogP contribution in [0.5, 0.6) is 0 Å². The summed E-state index contributed by atoms with van der Waals surface area (Å²) < 4.78 is 5.41. The molecule has 0 saturated carbocycles. The number of hydrogen-bond acceptors (Lipinski definition) is 3. The Kier molecular flexibility index (Phi) is 5.89. The largest absolute Gasteiger partial charge is 0.379 e. The van der Waals surface area contributed by atoms with Crippen LogP contribution in [-0.4, -0.2) is 18.8 Å². The van der Waals surface area contributed by atoms with Gasteiger partial charge < -0.3 is 4.74 Å². The second kappa shape index (κ2) is 6.73. The van der Waals surface area contributed by atoms with Crippen LogP contribution in [-0.2, 0) is 11.2 Å². The van der Waals surface area contributed by atoms with E-state index in [2.05, 4.69) is 5.43 Å². The van der Waals surface area contributed by atoms with Gasteiger partial charge in [0.2, 0.25) is 0 Å². The number of nitrogens with one attached hydrogen (secondary N) is 1. The monoisotopic (exact) mass is 290 g/mol. The minimum absolute atomic E-state index is 0.0796. The number of hydrazine groups is 1. The zero-order valence-electron chi connectivity index (χ0n) is 11.0. The molecule has 0 fully saturated rings. The van der Waals surface area contributed by atoms with E-state index >= 15 is 0 Å². The molecule has 0 bridgehead atoms. The quantitative estimate of drug-likeness (QED) is 0.625. The number of ether oxygens (including phenoxy) is 1. The van der Waals surface area contributed by atoms with Crippen LogP contribution in [0.15, 0.2) is 18.2 Å². The van der Waals surface area contributed by atoms with E-state index in [9.17, 15) is 0 Å². The van der Waals surface area contributed by atoms with Crippen molar-refractivity contribution in [3.8, 4) is 0 Å². The Morgan fingerprint density at radius 1 is 1.39 bits per heavy atom. The van der Waals surface area contributed by atoms with Gasteiger partial charge in [-0.1, -0.05) is 35.3 Å². The van der Waals surface area contributed by atoms with Crippen LogP contribution in [0.1, 0.15) is 25.8 Å². The van der Waals surface area contributed by atoms with Crippen molar-refractivity contribution >= 4 is 23.2 Å². The number of rotatable bonds is 6. The van der Waals surface area contributed by atoms with Crippen molar-refractivity contribution in [1.29, 1.82) is 0 Å². The molecule has 5 heteroatoms. The zero-order chi connectivity index (χ0) is 13.8. The third kappa shape index (κ3) is 4.41. The third-order valence-corrected chi connectivity index (χ3v) is 3.88. The lowest BCUT2D eigenvalue weighted by molar-refractivity contribution is 0.00711. The Morgan fingerprint density at radius 3 is 2.61 bits per heavy atom. The fourth-order valence-corrected chi connectivity index (χ4v) is 2.24. The van der Waals surface area contributed by atoms with E-state index in [0.717, 1.165) is 12.0 Å². The van der Waals surface area contributed by atoms with E-state index in [1.807, 2.05) is 26.0 Å². The molecule has 0 amide bonds.